The molecule has 0 aliphatic rings. The molecular weight excluding hydrogens is 348 g/mol. The summed E-state index contributed by atoms with van der Waals surface area (Å²) >= 11 is 1.29. The monoisotopic (exact) mass is 361 g/mol. The molecule has 0 aliphatic heterocycles. The van der Waals surface area contributed by atoms with Gasteiger partial charge in [-0.05, 0) is 36.4 Å². The quantitative estimate of drug-likeness (QED) is 0.721. The third-order valence-corrected chi connectivity index (χ3v) is 4.05. The van der Waals surface area contributed by atoms with Crippen LogP contribution in [0.4, 0.5) is 14.5 Å². The molecule has 0 unspecified atom stereocenters. The van der Waals surface area contributed by atoms with Crippen LogP contribution in [0.5, 0.6) is 0 Å². The zero-order chi connectivity index (χ0) is 17.6. The number of nitrogens with one attached hydrogen (secondary N) is 1. The molecule has 0 fully saturated rings. The van der Waals surface area contributed by atoms with Gasteiger partial charge in [-0.25, -0.2) is 8.78 Å². The standard InChI is InChI=1S/C17H13F2N3O2S/c18-12-4-6-14(7-5-12)20-15(23)9-25-10-16-21-17(22-24-16)11-2-1-3-13(19)8-11/h1-8H,9-10H2,(H,20,23). The van der Waals surface area contributed by atoms with E-state index in [4.69, 9.17) is 4.52 Å². The van der Waals surface area contributed by atoms with Crippen molar-refractivity contribution in [3.8, 4) is 11.4 Å². The highest BCUT2D eigenvalue weighted by atomic mass is 32.2. The minimum absolute atomic E-state index is 0.176. The molecule has 25 heavy (non-hydrogen) atoms. The average Bonchev–Trinajstić information content (AvgIpc) is 3.06. The van der Waals surface area contributed by atoms with Crippen LogP contribution in [-0.4, -0.2) is 21.8 Å². The number of thioether (sulfide) groups is 1. The van der Waals surface area contributed by atoms with Crippen LogP contribution in [-0.2, 0) is 10.5 Å². The molecule has 0 spiro atoms. The molecular formula is C17H13F2N3O2S. The largest absolute Gasteiger partial charge is 0.338 e. The van der Waals surface area contributed by atoms with E-state index in [9.17, 15) is 13.6 Å². The number of hydrogen-bond donors (Lipinski definition) is 1. The summed E-state index contributed by atoms with van der Waals surface area (Å²) in [5, 5.41) is 6.46. The predicted octanol–water partition coefficient (Wildman–Crippen LogP) is 3.89. The molecule has 5 nitrogen and oxygen atoms in total. The maximum Gasteiger partial charge on any atom is 0.236 e. The van der Waals surface area contributed by atoms with Crippen molar-refractivity contribution in [2.45, 2.75) is 5.75 Å². The highest BCUT2D eigenvalue weighted by Gasteiger charge is 2.10. The van der Waals surface area contributed by atoms with Gasteiger partial charge in [0.15, 0.2) is 0 Å². The van der Waals surface area contributed by atoms with E-state index in [1.54, 1.807) is 12.1 Å². The molecule has 8 heteroatoms. The number of rotatable bonds is 6. The highest BCUT2D eigenvalue weighted by Crippen LogP contribution is 2.19. The SMILES string of the molecule is O=C(CSCc1nc(-c2cccc(F)c2)no1)Nc1ccc(F)cc1. The van der Waals surface area contributed by atoms with E-state index in [2.05, 4.69) is 15.5 Å². The number of benzene rings is 2. The molecule has 0 bridgehead atoms. The number of carbonyl (C=O) groups excluding carboxylic acids is 1. The smallest absolute Gasteiger partial charge is 0.236 e. The van der Waals surface area contributed by atoms with E-state index in [0.717, 1.165) is 0 Å². The summed E-state index contributed by atoms with van der Waals surface area (Å²) in [6.07, 6.45) is 0. The summed E-state index contributed by atoms with van der Waals surface area (Å²) in [6.45, 7) is 0. The number of carbonyl (C=O) groups is 1. The van der Waals surface area contributed by atoms with E-state index in [-0.39, 0.29) is 23.3 Å². The van der Waals surface area contributed by atoms with E-state index < -0.39 is 0 Å². The van der Waals surface area contributed by atoms with Crippen molar-refractivity contribution in [3.05, 3.63) is 66.1 Å². The van der Waals surface area contributed by atoms with E-state index in [0.29, 0.717) is 28.7 Å². The van der Waals surface area contributed by atoms with E-state index >= 15 is 0 Å². The van der Waals surface area contributed by atoms with Gasteiger partial charge in [-0.3, -0.25) is 4.79 Å². The lowest BCUT2D eigenvalue weighted by molar-refractivity contribution is -0.113. The minimum Gasteiger partial charge on any atom is -0.338 e. The number of halogens is 2. The Balaban J connectivity index is 1.49. The van der Waals surface area contributed by atoms with Crippen LogP contribution in [0.15, 0.2) is 53.1 Å². The first-order valence-electron chi connectivity index (χ1n) is 7.32. The second-order valence-electron chi connectivity index (χ2n) is 5.07. The van der Waals surface area contributed by atoms with Crippen molar-refractivity contribution >= 4 is 23.4 Å². The summed E-state index contributed by atoms with van der Waals surface area (Å²) in [6, 6.07) is 11.4. The average molecular weight is 361 g/mol. The van der Waals surface area contributed by atoms with Crippen LogP contribution in [0.25, 0.3) is 11.4 Å². The lowest BCUT2D eigenvalue weighted by Gasteiger charge is -2.03. The number of nitrogens with zero attached hydrogens (tertiary/aromatic N) is 2. The Bertz CT molecular complexity index is 868. The molecule has 2 aromatic carbocycles. The Kier molecular flexibility index (Phi) is 5.39. The molecule has 0 saturated carbocycles. The van der Waals surface area contributed by atoms with Gasteiger partial charge in [-0.2, -0.15) is 4.98 Å². The second kappa shape index (κ2) is 7.89. The molecule has 1 N–H and O–H groups in total. The molecule has 1 amide bonds. The van der Waals surface area contributed by atoms with Gasteiger partial charge in [-0.15, -0.1) is 11.8 Å². The lowest BCUT2D eigenvalue weighted by Crippen LogP contribution is -2.14. The lowest BCUT2D eigenvalue weighted by atomic mass is 10.2. The van der Waals surface area contributed by atoms with Gasteiger partial charge in [0.05, 0.1) is 11.5 Å². The minimum atomic E-state index is -0.379. The van der Waals surface area contributed by atoms with Crippen molar-refractivity contribution in [2.75, 3.05) is 11.1 Å². The van der Waals surface area contributed by atoms with Crippen LogP contribution < -0.4 is 5.32 Å². The fourth-order valence-corrected chi connectivity index (χ4v) is 2.67. The zero-order valence-electron chi connectivity index (χ0n) is 12.9. The first-order chi connectivity index (χ1) is 12.1. The van der Waals surface area contributed by atoms with Gasteiger partial charge < -0.3 is 9.84 Å². The third kappa shape index (κ3) is 4.87. The first kappa shape index (κ1) is 17.1. The maximum absolute atomic E-state index is 13.2. The fourth-order valence-electron chi connectivity index (χ4n) is 2.02. The summed E-state index contributed by atoms with van der Waals surface area (Å²) in [7, 11) is 0. The van der Waals surface area contributed by atoms with Gasteiger partial charge >= 0.3 is 0 Å². The number of anilines is 1. The van der Waals surface area contributed by atoms with Crippen LogP contribution in [0.1, 0.15) is 5.89 Å². The van der Waals surface area contributed by atoms with Gasteiger partial charge in [0.25, 0.3) is 0 Å². The van der Waals surface area contributed by atoms with Crippen molar-refractivity contribution in [1.82, 2.24) is 10.1 Å². The Morgan fingerprint density at radius 3 is 2.68 bits per heavy atom. The van der Waals surface area contributed by atoms with E-state index in [1.807, 2.05) is 0 Å². The summed E-state index contributed by atoms with van der Waals surface area (Å²) in [5.41, 5.74) is 1.05. The predicted molar refractivity (Wildman–Crippen MR) is 90.9 cm³/mol. The Hall–Kier alpha value is -2.74. The molecule has 0 radical (unpaired) electrons. The highest BCUT2D eigenvalue weighted by molar-refractivity contribution is 7.99. The maximum atomic E-state index is 13.2. The van der Waals surface area contributed by atoms with Gasteiger partial charge in [0.2, 0.25) is 17.6 Å². The van der Waals surface area contributed by atoms with Crippen molar-refractivity contribution in [2.24, 2.45) is 0 Å². The molecule has 128 valence electrons. The first-order valence-corrected chi connectivity index (χ1v) is 8.47. The zero-order valence-corrected chi connectivity index (χ0v) is 13.7. The molecule has 3 rings (SSSR count). The van der Waals surface area contributed by atoms with Crippen molar-refractivity contribution in [1.29, 1.82) is 0 Å². The Morgan fingerprint density at radius 2 is 1.92 bits per heavy atom. The van der Waals surface area contributed by atoms with Gasteiger partial charge in [0, 0.05) is 11.3 Å². The van der Waals surface area contributed by atoms with E-state index in [1.165, 1.54) is 48.2 Å². The fraction of sp³-hybridized carbons (Fsp3) is 0.118. The summed E-state index contributed by atoms with van der Waals surface area (Å²) < 4.78 is 31.1. The second-order valence-corrected chi connectivity index (χ2v) is 6.06. The number of hydrogen-bond acceptors (Lipinski definition) is 5. The van der Waals surface area contributed by atoms with Crippen LogP contribution in [0.2, 0.25) is 0 Å². The molecule has 0 saturated heterocycles. The summed E-state index contributed by atoms with van der Waals surface area (Å²) in [4.78, 5) is 16.0. The topological polar surface area (TPSA) is 68.0 Å². The van der Waals surface area contributed by atoms with Crippen molar-refractivity contribution < 1.29 is 18.1 Å². The number of aromatic nitrogens is 2. The van der Waals surface area contributed by atoms with Crippen molar-refractivity contribution in [3.63, 3.8) is 0 Å². The molecule has 0 atom stereocenters. The third-order valence-electron chi connectivity index (χ3n) is 3.14. The van der Waals surface area contributed by atoms with Crippen LogP contribution >= 0.6 is 11.8 Å². The van der Waals surface area contributed by atoms with Gasteiger partial charge in [0.1, 0.15) is 11.6 Å². The normalized spacial score (nSPS) is 10.6. The molecule has 3 aromatic rings. The summed E-state index contributed by atoms with van der Waals surface area (Å²) in [5.74, 6) is 0.202. The van der Waals surface area contributed by atoms with Gasteiger partial charge in [-0.1, -0.05) is 17.3 Å². The van der Waals surface area contributed by atoms with Crippen LogP contribution in [0.3, 0.4) is 0 Å². The molecule has 0 aliphatic carbocycles. The Labute approximate surface area is 146 Å². The Morgan fingerprint density at radius 1 is 1.12 bits per heavy atom. The van der Waals surface area contributed by atoms with Crippen LogP contribution in [0, 0.1) is 11.6 Å². The molecule has 1 heterocycles. The molecule has 1 aromatic heterocycles. The number of amides is 1.